The van der Waals surface area contributed by atoms with E-state index in [9.17, 15) is 4.79 Å². The average molecular weight is 414 g/mol. The van der Waals surface area contributed by atoms with Gasteiger partial charge in [0.1, 0.15) is 0 Å². The van der Waals surface area contributed by atoms with Crippen LogP contribution in [0.2, 0.25) is 0 Å². The number of thiazole rings is 1. The maximum atomic E-state index is 12.7. The van der Waals surface area contributed by atoms with Crippen LogP contribution in [0.5, 0.6) is 0 Å². The Labute approximate surface area is 177 Å². The van der Waals surface area contributed by atoms with Crippen molar-refractivity contribution in [1.29, 1.82) is 0 Å². The van der Waals surface area contributed by atoms with E-state index in [0.717, 1.165) is 67.5 Å². The van der Waals surface area contributed by atoms with Crippen LogP contribution in [0.4, 0.5) is 0 Å². The average Bonchev–Trinajstić information content (AvgIpc) is 3.17. The Hall–Kier alpha value is -2.41. The largest absolute Gasteiger partial charge is 0.357 e. The molecule has 2 N–H and O–H groups in total. The van der Waals surface area contributed by atoms with Gasteiger partial charge in [0.15, 0.2) is 5.96 Å². The van der Waals surface area contributed by atoms with Gasteiger partial charge in [0, 0.05) is 49.2 Å². The fourth-order valence-electron chi connectivity index (χ4n) is 3.40. The highest BCUT2D eigenvalue weighted by Crippen LogP contribution is 2.15. The van der Waals surface area contributed by atoms with Crippen molar-refractivity contribution in [2.24, 2.45) is 4.99 Å². The lowest BCUT2D eigenvalue weighted by Crippen LogP contribution is -2.38. The molecule has 0 bridgehead atoms. The van der Waals surface area contributed by atoms with Crippen molar-refractivity contribution in [2.45, 2.75) is 46.1 Å². The number of nitrogens with zero attached hydrogens (tertiary/aromatic N) is 3. The minimum atomic E-state index is 0.138. The summed E-state index contributed by atoms with van der Waals surface area (Å²) in [4.78, 5) is 25.0. The van der Waals surface area contributed by atoms with E-state index in [1.807, 2.05) is 35.4 Å². The number of hydrogen-bond acceptors (Lipinski definition) is 4. The standard InChI is InChI=1S/C22H31N5OS/c1-3-23-22(24-11-10-20-25-15-17(2)29-20)26-16-18-8-7-9-19(14-18)21(28)27-12-5-4-6-13-27/h7-9,14-15H,3-6,10-13,16H2,1-2H3,(H2,23,24,26). The molecule has 0 atom stereocenters. The van der Waals surface area contributed by atoms with Crippen molar-refractivity contribution >= 4 is 23.2 Å². The van der Waals surface area contributed by atoms with E-state index < -0.39 is 0 Å². The second-order valence-electron chi connectivity index (χ2n) is 7.29. The minimum Gasteiger partial charge on any atom is -0.357 e. The summed E-state index contributed by atoms with van der Waals surface area (Å²) in [5.74, 6) is 0.924. The number of guanidine groups is 1. The molecule has 0 unspecified atom stereocenters. The first kappa shape index (κ1) is 21.3. The molecule has 6 nitrogen and oxygen atoms in total. The van der Waals surface area contributed by atoms with E-state index >= 15 is 0 Å². The molecule has 0 spiro atoms. The van der Waals surface area contributed by atoms with Crippen LogP contribution in [-0.4, -0.2) is 47.9 Å². The van der Waals surface area contributed by atoms with Crippen LogP contribution in [0.1, 0.15) is 52.0 Å². The third kappa shape index (κ3) is 6.56. The number of amides is 1. The van der Waals surface area contributed by atoms with Crippen molar-refractivity contribution in [3.05, 3.63) is 51.5 Å². The topological polar surface area (TPSA) is 69.6 Å². The van der Waals surface area contributed by atoms with Crippen molar-refractivity contribution < 1.29 is 4.79 Å². The zero-order valence-corrected chi connectivity index (χ0v) is 18.2. The summed E-state index contributed by atoms with van der Waals surface area (Å²) in [5, 5.41) is 7.78. The van der Waals surface area contributed by atoms with Gasteiger partial charge in [-0.25, -0.2) is 9.98 Å². The Bertz CT molecular complexity index is 826. The molecule has 1 aliphatic rings. The number of hydrogen-bond donors (Lipinski definition) is 2. The van der Waals surface area contributed by atoms with E-state index in [0.29, 0.717) is 6.54 Å². The number of aromatic nitrogens is 1. The molecule has 1 aromatic heterocycles. The van der Waals surface area contributed by atoms with E-state index in [1.54, 1.807) is 11.3 Å². The Morgan fingerprint density at radius 1 is 1.24 bits per heavy atom. The molecule has 2 heterocycles. The summed E-state index contributed by atoms with van der Waals surface area (Å²) >= 11 is 1.73. The van der Waals surface area contributed by atoms with E-state index in [-0.39, 0.29) is 5.91 Å². The SMILES string of the molecule is CCNC(=NCc1cccc(C(=O)N2CCCCC2)c1)NCCc1ncc(C)s1. The second-order valence-corrected chi connectivity index (χ2v) is 8.61. The monoisotopic (exact) mass is 413 g/mol. The predicted molar refractivity (Wildman–Crippen MR) is 120 cm³/mol. The molecule has 2 aromatic rings. The molecule has 7 heteroatoms. The van der Waals surface area contributed by atoms with E-state index in [1.165, 1.54) is 11.3 Å². The zero-order valence-electron chi connectivity index (χ0n) is 17.4. The quantitative estimate of drug-likeness (QED) is 0.539. The molecule has 156 valence electrons. The van der Waals surface area contributed by atoms with Gasteiger partial charge in [0.2, 0.25) is 0 Å². The highest BCUT2D eigenvalue weighted by Gasteiger charge is 2.18. The molecule has 1 aliphatic heterocycles. The number of aliphatic imine (C=N–C) groups is 1. The van der Waals surface area contributed by atoms with Crippen molar-refractivity contribution in [3.63, 3.8) is 0 Å². The number of benzene rings is 1. The lowest BCUT2D eigenvalue weighted by atomic mass is 10.1. The van der Waals surface area contributed by atoms with Gasteiger partial charge in [0.25, 0.3) is 5.91 Å². The van der Waals surface area contributed by atoms with Crippen LogP contribution in [0.15, 0.2) is 35.5 Å². The summed E-state index contributed by atoms with van der Waals surface area (Å²) < 4.78 is 0. The summed E-state index contributed by atoms with van der Waals surface area (Å²) in [6, 6.07) is 7.86. The first-order chi connectivity index (χ1) is 14.2. The maximum absolute atomic E-state index is 12.7. The first-order valence-corrected chi connectivity index (χ1v) is 11.3. The maximum Gasteiger partial charge on any atom is 0.253 e. The van der Waals surface area contributed by atoms with Crippen molar-refractivity contribution in [1.82, 2.24) is 20.5 Å². The van der Waals surface area contributed by atoms with Gasteiger partial charge in [-0.3, -0.25) is 4.79 Å². The predicted octanol–water partition coefficient (Wildman–Crippen LogP) is 3.38. The molecular weight excluding hydrogens is 382 g/mol. The molecule has 1 aromatic carbocycles. The summed E-state index contributed by atoms with van der Waals surface area (Å²) in [5.41, 5.74) is 1.80. The third-order valence-corrected chi connectivity index (χ3v) is 5.85. The third-order valence-electron chi connectivity index (χ3n) is 4.88. The van der Waals surface area contributed by atoms with Crippen LogP contribution >= 0.6 is 11.3 Å². The number of rotatable bonds is 7. The molecule has 0 aliphatic carbocycles. The van der Waals surface area contributed by atoms with Gasteiger partial charge >= 0.3 is 0 Å². The minimum absolute atomic E-state index is 0.138. The fourth-order valence-corrected chi connectivity index (χ4v) is 4.19. The number of likely N-dealkylation sites (tertiary alicyclic amines) is 1. The van der Waals surface area contributed by atoms with Crippen molar-refractivity contribution in [3.8, 4) is 0 Å². The number of aryl methyl sites for hydroxylation is 1. The summed E-state index contributed by atoms with van der Waals surface area (Å²) in [7, 11) is 0. The first-order valence-electron chi connectivity index (χ1n) is 10.5. The highest BCUT2D eigenvalue weighted by molar-refractivity contribution is 7.11. The number of carbonyl (C=O) groups excluding carboxylic acids is 1. The highest BCUT2D eigenvalue weighted by atomic mass is 32.1. The lowest BCUT2D eigenvalue weighted by molar-refractivity contribution is 0.0724. The van der Waals surface area contributed by atoms with Crippen LogP contribution in [0.3, 0.4) is 0 Å². The molecule has 1 amide bonds. The molecule has 1 fully saturated rings. The van der Waals surface area contributed by atoms with Gasteiger partial charge < -0.3 is 15.5 Å². The molecule has 0 radical (unpaired) electrons. The smallest absolute Gasteiger partial charge is 0.253 e. The fraction of sp³-hybridized carbons (Fsp3) is 0.500. The van der Waals surface area contributed by atoms with Gasteiger partial charge in [0.05, 0.1) is 11.6 Å². The van der Waals surface area contributed by atoms with Gasteiger partial charge in [-0.05, 0) is 50.8 Å². The number of carbonyl (C=O) groups is 1. The van der Waals surface area contributed by atoms with E-state index in [2.05, 4.69) is 34.5 Å². The zero-order chi connectivity index (χ0) is 20.5. The molecule has 0 saturated carbocycles. The summed E-state index contributed by atoms with van der Waals surface area (Å²) in [6.45, 7) is 7.99. The van der Waals surface area contributed by atoms with Crippen LogP contribution in [0, 0.1) is 6.92 Å². The van der Waals surface area contributed by atoms with E-state index in [4.69, 9.17) is 0 Å². The second kappa shape index (κ2) is 11.0. The Balaban J connectivity index is 1.57. The Kier molecular flexibility index (Phi) is 8.04. The molecule has 1 saturated heterocycles. The van der Waals surface area contributed by atoms with Crippen LogP contribution in [-0.2, 0) is 13.0 Å². The van der Waals surface area contributed by atoms with Gasteiger partial charge in [-0.2, -0.15) is 0 Å². The van der Waals surface area contributed by atoms with Crippen molar-refractivity contribution in [2.75, 3.05) is 26.2 Å². The van der Waals surface area contributed by atoms with Crippen LogP contribution < -0.4 is 10.6 Å². The lowest BCUT2D eigenvalue weighted by Gasteiger charge is -2.26. The normalized spacial score (nSPS) is 14.7. The van der Waals surface area contributed by atoms with Gasteiger partial charge in [-0.1, -0.05) is 12.1 Å². The Morgan fingerprint density at radius 3 is 2.79 bits per heavy atom. The molecule has 29 heavy (non-hydrogen) atoms. The number of piperidine rings is 1. The molecule has 3 rings (SSSR count). The summed E-state index contributed by atoms with van der Waals surface area (Å²) in [6.07, 6.45) is 6.23. The van der Waals surface area contributed by atoms with Crippen LogP contribution in [0.25, 0.3) is 0 Å². The number of nitrogens with one attached hydrogen (secondary N) is 2. The Morgan fingerprint density at radius 2 is 2.07 bits per heavy atom. The molecular formula is C22H31N5OS. The van der Waals surface area contributed by atoms with Gasteiger partial charge in [-0.15, -0.1) is 11.3 Å².